The minimum absolute atomic E-state index is 0.0588. The molecule has 0 spiro atoms. The Labute approximate surface area is 145 Å². The summed E-state index contributed by atoms with van der Waals surface area (Å²) in [7, 11) is 1.21. The highest BCUT2D eigenvalue weighted by atomic mass is 19.3. The van der Waals surface area contributed by atoms with Crippen LogP contribution in [-0.4, -0.2) is 31.1 Å². The van der Waals surface area contributed by atoms with E-state index in [1.807, 2.05) is 18.2 Å². The number of hydrogen-bond acceptors (Lipinski definition) is 4. The van der Waals surface area contributed by atoms with Crippen molar-refractivity contribution in [2.45, 2.75) is 50.7 Å². The maximum Gasteiger partial charge on any atom is 0.408 e. The molecular formula is C18H23F2NO4. The third-order valence-corrected chi connectivity index (χ3v) is 4.41. The standard InChI is InChI=1S/C18H23F2NO4/c1-24-16(22)15(14-8-5-10-18(19,20)11-9-14)21-17(23)25-12-13-6-3-2-4-7-13/h2-4,6-7,14-15H,5,8-12H2,1H3,(H,21,23)/t14?,15-/m0/s1. The van der Waals surface area contributed by atoms with Crippen molar-refractivity contribution >= 4 is 12.1 Å². The Morgan fingerprint density at radius 1 is 1.24 bits per heavy atom. The average Bonchev–Trinajstić information content (AvgIpc) is 2.78. The maximum atomic E-state index is 13.5. The molecule has 0 bridgehead atoms. The maximum absolute atomic E-state index is 13.5. The first-order chi connectivity index (χ1) is 11.9. The van der Waals surface area contributed by atoms with Crippen molar-refractivity contribution in [1.82, 2.24) is 5.32 Å². The topological polar surface area (TPSA) is 64.6 Å². The van der Waals surface area contributed by atoms with Crippen molar-refractivity contribution in [3.63, 3.8) is 0 Å². The quantitative estimate of drug-likeness (QED) is 0.647. The SMILES string of the molecule is COC(=O)[C@@H](NC(=O)OCc1ccccc1)C1CCCC(F)(F)CC1. The Morgan fingerprint density at radius 3 is 2.64 bits per heavy atom. The van der Waals surface area contributed by atoms with Gasteiger partial charge in [0.1, 0.15) is 12.6 Å². The number of amides is 1. The van der Waals surface area contributed by atoms with Crippen LogP contribution in [0.5, 0.6) is 0 Å². The second-order valence-corrected chi connectivity index (χ2v) is 6.25. The van der Waals surface area contributed by atoms with Gasteiger partial charge in [-0.25, -0.2) is 18.4 Å². The molecule has 0 radical (unpaired) electrons. The molecule has 1 unspecified atom stereocenters. The molecule has 0 saturated heterocycles. The lowest BCUT2D eigenvalue weighted by Gasteiger charge is -2.24. The summed E-state index contributed by atoms with van der Waals surface area (Å²) in [5.74, 6) is -3.76. The van der Waals surface area contributed by atoms with Crippen molar-refractivity contribution in [2.75, 3.05) is 7.11 Å². The van der Waals surface area contributed by atoms with Crippen LogP contribution in [0.4, 0.5) is 13.6 Å². The second-order valence-electron chi connectivity index (χ2n) is 6.25. The van der Waals surface area contributed by atoms with Gasteiger partial charge in [0.25, 0.3) is 0 Å². The fourth-order valence-corrected chi connectivity index (χ4v) is 3.01. The lowest BCUT2D eigenvalue weighted by Crippen LogP contribution is -2.46. The molecule has 0 aliphatic heterocycles. The summed E-state index contributed by atoms with van der Waals surface area (Å²) in [5.41, 5.74) is 0.807. The number of halogens is 2. The molecule has 1 aromatic carbocycles. The number of esters is 1. The summed E-state index contributed by atoms with van der Waals surface area (Å²) in [6.07, 6.45) is -0.400. The second kappa shape index (κ2) is 8.78. The average molecular weight is 355 g/mol. The number of alkyl halides is 2. The molecule has 1 N–H and O–H groups in total. The zero-order valence-corrected chi connectivity index (χ0v) is 14.2. The Balaban J connectivity index is 1.95. The summed E-state index contributed by atoms with van der Waals surface area (Å²) in [6.45, 7) is 0.0588. The third-order valence-electron chi connectivity index (χ3n) is 4.41. The molecule has 1 fully saturated rings. The van der Waals surface area contributed by atoms with Gasteiger partial charge in [0.05, 0.1) is 7.11 Å². The number of carbonyl (C=O) groups is 2. The number of alkyl carbamates (subject to hydrolysis) is 1. The summed E-state index contributed by atoms with van der Waals surface area (Å²) in [4.78, 5) is 24.0. The monoisotopic (exact) mass is 355 g/mol. The first-order valence-corrected chi connectivity index (χ1v) is 8.34. The van der Waals surface area contributed by atoms with Crippen LogP contribution in [0, 0.1) is 5.92 Å². The molecule has 2 rings (SSSR count). The Hall–Kier alpha value is -2.18. The predicted octanol–water partition coefficient (Wildman–Crippen LogP) is 3.67. The lowest BCUT2D eigenvalue weighted by molar-refractivity contribution is -0.144. The molecule has 1 amide bonds. The smallest absolute Gasteiger partial charge is 0.408 e. The Morgan fingerprint density at radius 2 is 1.96 bits per heavy atom. The summed E-state index contributed by atoms with van der Waals surface area (Å²) >= 11 is 0. The molecule has 0 heterocycles. The van der Waals surface area contributed by atoms with Gasteiger partial charge in [-0.15, -0.1) is 0 Å². The summed E-state index contributed by atoms with van der Waals surface area (Å²) in [6, 6.07) is 8.11. The molecule has 2 atom stereocenters. The van der Waals surface area contributed by atoms with Gasteiger partial charge in [-0.2, -0.15) is 0 Å². The Bertz CT molecular complexity index is 580. The normalized spacial score (nSPS) is 20.8. The first-order valence-electron chi connectivity index (χ1n) is 8.34. The van der Waals surface area contributed by atoms with Gasteiger partial charge in [0.15, 0.2) is 0 Å². The molecular weight excluding hydrogens is 332 g/mol. The van der Waals surface area contributed by atoms with Crippen LogP contribution in [0.2, 0.25) is 0 Å². The van der Waals surface area contributed by atoms with Crippen molar-refractivity contribution in [2.24, 2.45) is 5.92 Å². The highest BCUT2D eigenvalue weighted by Crippen LogP contribution is 2.35. The van der Waals surface area contributed by atoms with Gasteiger partial charge < -0.3 is 14.8 Å². The number of ether oxygens (including phenoxy) is 2. The van der Waals surface area contributed by atoms with Crippen LogP contribution in [0.1, 0.15) is 37.7 Å². The zero-order valence-electron chi connectivity index (χ0n) is 14.2. The van der Waals surface area contributed by atoms with Crippen LogP contribution in [-0.2, 0) is 20.9 Å². The van der Waals surface area contributed by atoms with Crippen LogP contribution < -0.4 is 5.32 Å². The predicted molar refractivity (Wildman–Crippen MR) is 87.1 cm³/mol. The van der Waals surface area contributed by atoms with Crippen LogP contribution in [0.15, 0.2) is 30.3 Å². The van der Waals surface area contributed by atoms with Gasteiger partial charge >= 0.3 is 12.1 Å². The lowest BCUT2D eigenvalue weighted by atomic mass is 9.92. The van der Waals surface area contributed by atoms with E-state index in [9.17, 15) is 18.4 Å². The van der Waals surface area contributed by atoms with Gasteiger partial charge in [0, 0.05) is 12.8 Å². The van der Waals surface area contributed by atoms with E-state index in [0.717, 1.165) is 5.56 Å². The van der Waals surface area contributed by atoms with Crippen LogP contribution in [0.25, 0.3) is 0 Å². The molecule has 138 valence electrons. The van der Waals surface area contributed by atoms with Crippen molar-refractivity contribution in [3.8, 4) is 0 Å². The van der Waals surface area contributed by atoms with Crippen LogP contribution >= 0.6 is 0 Å². The minimum Gasteiger partial charge on any atom is -0.467 e. The molecule has 7 heteroatoms. The summed E-state index contributed by atoms with van der Waals surface area (Å²) < 4.78 is 36.9. The van der Waals surface area contributed by atoms with E-state index in [-0.39, 0.29) is 25.9 Å². The molecule has 1 saturated carbocycles. The largest absolute Gasteiger partial charge is 0.467 e. The minimum atomic E-state index is -2.72. The van der Waals surface area contributed by atoms with E-state index >= 15 is 0 Å². The van der Waals surface area contributed by atoms with Gasteiger partial charge in [-0.05, 0) is 30.7 Å². The molecule has 1 aliphatic rings. The van der Waals surface area contributed by atoms with Crippen molar-refractivity contribution in [1.29, 1.82) is 0 Å². The zero-order chi connectivity index (χ0) is 18.3. The highest BCUT2D eigenvalue weighted by molar-refractivity contribution is 5.81. The number of benzene rings is 1. The number of nitrogens with one attached hydrogen (secondary N) is 1. The van der Waals surface area contributed by atoms with E-state index in [1.165, 1.54) is 7.11 Å². The van der Waals surface area contributed by atoms with Gasteiger partial charge in [-0.3, -0.25) is 0 Å². The fourth-order valence-electron chi connectivity index (χ4n) is 3.01. The first kappa shape index (κ1) is 19.1. The van der Waals surface area contributed by atoms with E-state index < -0.39 is 29.9 Å². The summed E-state index contributed by atoms with van der Waals surface area (Å²) in [5, 5.41) is 2.48. The van der Waals surface area contributed by atoms with Crippen molar-refractivity contribution < 1.29 is 27.8 Å². The molecule has 1 aromatic rings. The van der Waals surface area contributed by atoms with Crippen molar-refractivity contribution in [3.05, 3.63) is 35.9 Å². The van der Waals surface area contributed by atoms with E-state index in [4.69, 9.17) is 9.47 Å². The number of hydrogen-bond donors (Lipinski definition) is 1. The van der Waals surface area contributed by atoms with Gasteiger partial charge in [0.2, 0.25) is 5.92 Å². The number of carbonyl (C=O) groups excluding carboxylic acids is 2. The van der Waals surface area contributed by atoms with E-state index in [2.05, 4.69) is 5.32 Å². The molecule has 25 heavy (non-hydrogen) atoms. The van der Waals surface area contributed by atoms with Crippen LogP contribution in [0.3, 0.4) is 0 Å². The number of methoxy groups -OCH3 is 1. The van der Waals surface area contributed by atoms with Gasteiger partial charge in [-0.1, -0.05) is 30.3 Å². The Kier molecular flexibility index (Phi) is 6.73. The molecule has 1 aliphatic carbocycles. The molecule has 0 aromatic heterocycles. The fraction of sp³-hybridized carbons (Fsp3) is 0.556. The highest BCUT2D eigenvalue weighted by Gasteiger charge is 2.38. The van der Waals surface area contributed by atoms with E-state index in [1.54, 1.807) is 12.1 Å². The van der Waals surface area contributed by atoms with E-state index in [0.29, 0.717) is 12.8 Å². The third kappa shape index (κ3) is 5.99. The molecule has 5 nitrogen and oxygen atoms in total. The number of rotatable bonds is 5.